The van der Waals surface area contributed by atoms with Gasteiger partial charge in [0.1, 0.15) is 0 Å². The van der Waals surface area contributed by atoms with E-state index < -0.39 is 0 Å². The highest BCUT2D eigenvalue weighted by atomic mass is 32.2. The molecule has 4 nitrogen and oxygen atoms in total. The van der Waals surface area contributed by atoms with Crippen LogP contribution in [0.1, 0.15) is 19.8 Å². The molecule has 1 unspecified atom stereocenters. The number of rotatable bonds is 7. The molecule has 1 aromatic carbocycles. The van der Waals surface area contributed by atoms with Crippen LogP contribution in [0.15, 0.2) is 24.3 Å². The highest BCUT2D eigenvalue weighted by Gasteiger charge is 2.04. The Morgan fingerprint density at radius 1 is 1.56 bits per heavy atom. The Morgan fingerprint density at radius 3 is 3.00 bits per heavy atom. The van der Waals surface area contributed by atoms with E-state index >= 15 is 0 Å². The number of benzene rings is 1. The van der Waals surface area contributed by atoms with Gasteiger partial charge in [-0.1, -0.05) is 13.0 Å². The van der Waals surface area contributed by atoms with Gasteiger partial charge in [-0.15, -0.1) is 0 Å². The zero-order valence-corrected chi connectivity index (χ0v) is 11.4. The van der Waals surface area contributed by atoms with Crippen molar-refractivity contribution in [2.45, 2.75) is 25.0 Å². The Morgan fingerprint density at radius 2 is 2.33 bits per heavy atom. The molecule has 1 amide bonds. The van der Waals surface area contributed by atoms with Crippen LogP contribution in [-0.2, 0) is 4.79 Å². The smallest absolute Gasteiger partial charge is 0.224 e. The van der Waals surface area contributed by atoms with E-state index in [0.717, 1.165) is 17.9 Å². The number of hydrogen-bond acceptors (Lipinski definition) is 4. The number of carbonyl (C=O) groups is 1. The van der Waals surface area contributed by atoms with Gasteiger partial charge >= 0.3 is 0 Å². The molecule has 0 aliphatic rings. The molecule has 0 bridgehead atoms. The molecule has 0 saturated heterocycles. The molecule has 0 aliphatic carbocycles. The Bertz CT molecular complexity index is 385. The third-order valence-electron chi connectivity index (χ3n) is 2.38. The van der Waals surface area contributed by atoms with Gasteiger partial charge in [0, 0.05) is 23.0 Å². The van der Waals surface area contributed by atoms with Crippen LogP contribution in [0, 0.1) is 0 Å². The number of nitrogens with one attached hydrogen (secondary N) is 1. The zero-order chi connectivity index (χ0) is 13.4. The van der Waals surface area contributed by atoms with Crippen molar-refractivity contribution in [1.29, 1.82) is 0 Å². The van der Waals surface area contributed by atoms with E-state index in [1.807, 2.05) is 19.1 Å². The summed E-state index contributed by atoms with van der Waals surface area (Å²) < 4.78 is 0. The molecule has 0 aliphatic heterocycles. The normalized spacial score (nSPS) is 12.1. The lowest BCUT2D eigenvalue weighted by atomic mass is 10.2. The number of aliphatic hydroxyl groups is 1. The average Bonchev–Trinajstić information content (AvgIpc) is 2.34. The van der Waals surface area contributed by atoms with Crippen molar-refractivity contribution in [3.63, 3.8) is 0 Å². The Labute approximate surface area is 112 Å². The summed E-state index contributed by atoms with van der Waals surface area (Å²) in [6, 6.07) is 7.14. The lowest BCUT2D eigenvalue weighted by molar-refractivity contribution is -0.116. The van der Waals surface area contributed by atoms with Crippen LogP contribution in [0.5, 0.6) is 0 Å². The summed E-state index contributed by atoms with van der Waals surface area (Å²) >= 11 is 1.68. The summed E-state index contributed by atoms with van der Waals surface area (Å²) in [7, 11) is 0. The average molecular weight is 268 g/mol. The van der Waals surface area contributed by atoms with E-state index in [0.29, 0.717) is 12.1 Å². The molecule has 0 aromatic heterocycles. The van der Waals surface area contributed by atoms with Crippen LogP contribution < -0.4 is 11.1 Å². The number of carbonyl (C=O) groups excluding carboxylic acids is 1. The number of thioether (sulfide) groups is 1. The largest absolute Gasteiger partial charge is 0.399 e. The number of nitrogen functional groups attached to an aromatic ring is 1. The van der Waals surface area contributed by atoms with Crippen molar-refractivity contribution in [3.05, 3.63) is 24.3 Å². The minimum Gasteiger partial charge on any atom is -0.399 e. The molecule has 0 fully saturated rings. The maximum atomic E-state index is 11.6. The number of hydrogen-bond donors (Lipinski definition) is 3. The quantitative estimate of drug-likeness (QED) is 0.523. The second-order valence-corrected chi connectivity index (χ2v) is 5.69. The first kappa shape index (κ1) is 14.9. The first-order valence-electron chi connectivity index (χ1n) is 5.99. The predicted molar refractivity (Wildman–Crippen MR) is 77.7 cm³/mol. The first-order chi connectivity index (χ1) is 8.61. The highest BCUT2D eigenvalue weighted by Crippen LogP contribution is 2.14. The van der Waals surface area contributed by atoms with Crippen LogP contribution in [0.4, 0.5) is 11.4 Å². The Balaban J connectivity index is 2.22. The lowest BCUT2D eigenvalue weighted by Gasteiger charge is -2.08. The van der Waals surface area contributed by atoms with Crippen LogP contribution in [0.25, 0.3) is 0 Å². The summed E-state index contributed by atoms with van der Waals surface area (Å²) in [4.78, 5) is 11.6. The first-order valence-corrected chi connectivity index (χ1v) is 7.04. The van der Waals surface area contributed by atoms with Crippen molar-refractivity contribution < 1.29 is 9.90 Å². The summed E-state index contributed by atoms with van der Waals surface area (Å²) in [5, 5.41) is 11.9. The van der Waals surface area contributed by atoms with Crippen LogP contribution in [0.2, 0.25) is 0 Å². The molecule has 0 spiro atoms. The van der Waals surface area contributed by atoms with Gasteiger partial charge in [0.25, 0.3) is 0 Å². The fraction of sp³-hybridized carbons (Fsp3) is 0.462. The second kappa shape index (κ2) is 8.00. The van der Waals surface area contributed by atoms with Crippen LogP contribution in [0.3, 0.4) is 0 Å². The van der Waals surface area contributed by atoms with Gasteiger partial charge in [0.15, 0.2) is 0 Å². The predicted octanol–water partition coefficient (Wildman–Crippen LogP) is 2.10. The zero-order valence-electron chi connectivity index (χ0n) is 10.6. The third-order valence-corrected chi connectivity index (χ3v) is 3.62. The summed E-state index contributed by atoms with van der Waals surface area (Å²) in [5.41, 5.74) is 7.00. The second-order valence-electron chi connectivity index (χ2n) is 4.14. The van der Waals surface area contributed by atoms with Gasteiger partial charge in [-0.2, -0.15) is 11.8 Å². The summed E-state index contributed by atoms with van der Waals surface area (Å²) in [6.45, 7) is 2.15. The van der Waals surface area contributed by atoms with Gasteiger partial charge in [-0.05, 0) is 30.4 Å². The molecule has 0 saturated carbocycles. The molecule has 4 N–H and O–H groups in total. The van der Waals surface area contributed by atoms with Crippen LogP contribution in [-0.4, -0.2) is 28.6 Å². The van der Waals surface area contributed by atoms with E-state index in [4.69, 9.17) is 10.8 Å². The topological polar surface area (TPSA) is 75.3 Å². The minimum atomic E-state index is -0.00199. The van der Waals surface area contributed by atoms with Crippen molar-refractivity contribution in [1.82, 2.24) is 0 Å². The molecule has 5 heteroatoms. The molecule has 1 atom stereocenters. The SMILES string of the molecule is CC(CO)SCCCC(=O)Nc1cccc(N)c1. The van der Waals surface area contributed by atoms with E-state index in [1.165, 1.54) is 0 Å². The van der Waals surface area contributed by atoms with Crippen molar-refractivity contribution in [2.24, 2.45) is 0 Å². The molecule has 1 aromatic rings. The Hall–Kier alpha value is -1.20. The number of nitrogens with two attached hydrogens (primary N) is 1. The lowest BCUT2D eigenvalue weighted by Crippen LogP contribution is -2.12. The third kappa shape index (κ3) is 5.93. The molecule has 18 heavy (non-hydrogen) atoms. The van der Waals surface area contributed by atoms with E-state index in [2.05, 4.69) is 5.32 Å². The Kier molecular flexibility index (Phi) is 6.60. The summed E-state index contributed by atoms with van der Waals surface area (Å²) in [5.74, 6) is 0.879. The maximum Gasteiger partial charge on any atom is 0.224 e. The fourth-order valence-corrected chi connectivity index (χ4v) is 2.23. The molecule has 1 rings (SSSR count). The van der Waals surface area contributed by atoms with Gasteiger partial charge in [-0.3, -0.25) is 4.79 Å². The van der Waals surface area contributed by atoms with E-state index in [-0.39, 0.29) is 17.8 Å². The van der Waals surface area contributed by atoms with Gasteiger partial charge in [0.2, 0.25) is 5.91 Å². The van der Waals surface area contributed by atoms with Gasteiger partial charge < -0.3 is 16.2 Å². The van der Waals surface area contributed by atoms with Gasteiger partial charge in [0.05, 0.1) is 6.61 Å². The molecule has 0 radical (unpaired) electrons. The maximum absolute atomic E-state index is 11.6. The van der Waals surface area contributed by atoms with Crippen molar-refractivity contribution >= 4 is 29.0 Å². The number of amides is 1. The highest BCUT2D eigenvalue weighted by molar-refractivity contribution is 7.99. The molecular formula is C13H20N2O2S. The standard InChI is InChI=1S/C13H20N2O2S/c1-10(9-16)18-7-3-6-13(17)15-12-5-2-4-11(14)8-12/h2,4-5,8,10,16H,3,6-7,9,14H2,1H3,(H,15,17). The van der Waals surface area contributed by atoms with Crippen LogP contribution >= 0.6 is 11.8 Å². The van der Waals surface area contributed by atoms with E-state index in [1.54, 1.807) is 23.9 Å². The number of anilines is 2. The van der Waals surface area contributed by atoms with E-state index in [9.17, 15) is 4.79 Å². The van der Waals surface area contributed by atoms with Gasteiger partial charge in [-0.25, -0.2) is 0 Å². The summed E-state index contributed by atoms with van der Waals surface area (Å²) in [6.07, 6.45) is 1.29. The fourth-order valence-electron chi connectivity index (χ4n) is 1.41. The van der Waals surface area contributed by atoms with Crippen molar-refractivity contribution in [3.8, 4) is 0 Å². The minimum absolute atomic E-state index is 0.00199. The number of aliphatic hydroxyl groups excluding tert-OH is 1. The van der Waals surface area contributed by atoms with Crippen molar-refractivity contribution in [2.75, 3.05) is 23.4 Å². The molecular weight excluding hydrogens is 248 g/mol. The monoisotopic (exact) mass is 268 g/mol. The molecule has 100 valence electrons. The molecule has 0 heterocycles.